The van der Waals surface area contributed by atoms with Crippen molar-refractivity contribution in [3.05, 3.63) is 77.9 Å². The van der Waals surface area contributed by atoms with Gasteiger partial charge in [-0.3, -0.25) is 4.79 Å². The molecule has 3 aromatic carbocycles. The number of fused-ring (bicyclic) bond motifs is 2. The lowest BCUT2D eigenvalue weighted by Crippen LogP contribution is -1.92. The Hall–Kier alpha value is -4.93. The van der Waals surface area contributed by atoms with E-state index in [0.717, 1.165) is 6.07 Å². The lowest BCUT2D eigenvalue weighted by molar-refractivity contribution is 0.0995. The number of benzene rings is 3. The molecule has 5 rings (SSSR count). The molecule has 0 fully saturated rings. The molecule has 0 spiro atoms. The van der Waals surface area contributed by atoms with Gasteiger partial charge in [-0.25, -0.2) is 8.78 Å². The van der Waals surface area contributed by atoms with Crippen LogP contribution < -0.4 is 0 Å². The molecule has 9 nitrogen and oxygen atoms in total. The molecule has 0 unspecified atom stereocenters. The van der Waals surface area contributed by atoms with Crippen molar-refractivity contribution in [3.8, 4) is 11.8 Å². The summed E-state index contributed by atoms with van der Waals surface area (Å²) in [5.74, 6) is -2.39. The van der Waals surface area contributed by atoms with Crippen molar-refractivity contribution in [2.45, 2.75) is 0 Å². The number of aromatic nitrogens is 2. The van der Waals surface area contributed by atoms with Crippen molar-refractivity contribution in [3.63, 3.8) is 0 Å². The van der Waals surface area contributed by atoms with Crippen LogP contribution in [0, 0.1) is 11.6 Å². The van der Waals surface area contributed by atoms with E-state index in [1.807, 2.05) is 0 Å². The average molecular weight is 460 g/mol. The van der Waals surface area contributed by atoms with Crippen molar-refractivity contribution in [2.75, 3.05) is 0 Å². The van der Waals surface area contributed by atoms with Gasteiger partial charge in [-0.2, -0.15) is 5.11 Å². The van der Waals surface area contributed by atoms with Gasteiger partial charge in [0, 0.05) is 16.3 Å². The van der Waals surface area contributed by atoms with Gasteiger partial charge < -0.3 is 20.2 Å². The molecule has 0 aliphatic carbocycles. The Balaban J connectivity index is 1.41. The maximum atomic E-state index is 13.6. The van der Waals surface area contributed by atoms with Crippen LogP contribution in [0.3, 0.4) is 0 Å². The first-order valence-corrected chi connectivity index (χ1v) is 9.87. The van der Waals surface area contributed by atoms with E-state index in [2.05, 4.69) is 30.4 Å². The highest BCUT2D eigenvalue weighted by molar-refractivity contribution is 5.97. The van der Waals surface area contributed by atoms with Gasteiger partial charge in [0.15, 0.2) is 11.4 Å². The van der Waals surface area contributed by atoms with Crippen LogP contribution in [0.5, 0.6) is 11.8 Å². The molecule has 168 valence electrons. The molecule has 0 aliphatic heterocycles. The lowest BCUT2D eigenvalue weighted by Gasteiger charge is -1.97. The number of hydrogen-bond donors (Lipinski definition) is 4. The van der Waals surface area contributed by atoms with Crippen LogP contribution in [0.2, 0.25) is 0 Å². The molecule has 5 aromatic rings. The summed E-state index contributed by atoms with van der Waals surface area (Å²) in [6.45, 7) is 0. The number of H-pyrrole nitrogens is 2. The predicted molar refractivity (Wildman–Crippen MR) is 119 cm³/mol. The number of aromatic hydroxyl groups is 2. The minimum Gasteiger partial charge on any atom is -0.493 e. The summed E-state index contributed by atoms with van der Waals surface area (Å²) in [7, 11) is 0. The molecule has 1 amide bonds. The summed E-state index contributed by atoms with van der Waals surface area (Å²) < 4.78 is 27.1. The highest BCUT2D eigenvalue weighted by Crippen LogP contribution is 2.37. The van der Waals surface area contributed by atoms with Crippen molar-refractivity contribution >= 4 is 44.8 Å². The smallest absolute Gasteiger partial charge is 0.295 e. The highest BCUT2D eigenvalue weighted by Gasteiger charge is 2.14. The first kappa shape index (κ1) is 20.9. The summed E-state index contributed by atoms with van der Waals surface area (Å²) in [4.78, 5) is 17.8. The van der Waals surface area contributed by atoms with Crippen LogP contribution in [0.25, 0.3) is 21.8 Å². The molecule has 4 N–H and O–H groups in total. The van der Waals surface area contributed by atoms with Gasteiger partial charge in [0.05, 0.1) is 16.7 Å². The summed E-state index contributed by atoms with van der Waals surface area (Å²) >= 11 is 0. The fourth-order valence-corrected chi connectivity index (χ4v) is 3.44. The minimum atomic E-state index is -0.737. The summed E-state index contributed by atoms with van der Waals surface area (Å²) in [6, 6.07) is 13.7. The average Bonchev–Trinajstić information content (AvgIpc) is 3.30. The van der Waals surface area contributed by atoms with E-state index < -0.39 is 17.5 Å². The van der Waals surface area contributed by atoms with E-state index in [1.165, 1.54) is 42.5 Å². The third-order valence-electron chi connectivity index (χ3n) is 5.03. The van der Waals surface area contributed by atoms with Crippen LogP contribution >= 0.6 is 0 Å². The van der Waals surface area contributed by atoms with Crippen LogP contribution in [-0.2, 0) is 0 Å². The number of nitrogens with zero attached hydrogens (tertiary/aromatic N) is 4. The fraction of sp³-hybridized carbons (Fsp3) is 0. The van der Waals surface area contributed by atoms with Gasteiger partial charge in [0.2, 0.25) is 11.8 Å². The van der Waals surface area contributed by atoms with Gasteiger partial charge in [-0.15, -0.1) is 15.3 Å². The van der Waals surface area contributed by atoms with Crippen molar-refractivity contribution in [1.29, 1.82) is 0 Å². The van der Waals surface area contributed by atoms with Crippen molar-refractivity contribution in [1.82, 2.24) is 9.97 Å². The topological polar surface area (TPSA) is 139 Å². The maximum Gasteiger partial charge on any atom is 0.295 e. The molecule has 0 aliphatic rings. The standard InChI is InChI=1S/C23H14F2N6O3/c24-12-4-6-17-15(9-12)19(22(33)26-17)29-28-14-3-1-2-11(8-14)21(32)31-30-20-16-10-13(25)5-7-18(16)27-23(20)34/h1-10,26-27,33-34H. The molecule has 2 aromatic heterocycles. The van der Waals surface area contributed by atoms with Gasteiger partial charge in [-0.05, 0) is 54.6 Å². The highest BCUT2D eigenvalue weighted by atomic mass is 19.1. The number of carbonyl (C=O) groups excluding carboxylic acids is 1. The Morgan fingerprint density at radius 1 is 0.735 bits per heavy atom. The second kappa shape index (κ2) is 8.20. The van der Waals surface area contributed by atoms with E-state index in [0.29, 0.717) is 16.4 Å². The first-order chi connectivity index (χ1) is 16.4. The Kier molecular flexibility index (Phi) is 5.05. The molecule has 0 bridgehead atoms. The zero-order chi connectivity index (χ0) is 23.8. The molecule has 0 radical (unpaired) electrons. The minimum absolute atomic E-state index is 0.0490. The molecular formula is C23H14F2N6O3. The number of aromatic amines is 2. The fourth-order valence-electron chi connectivity index (χ4n) is 3.44. The van der Waals surface area contributed by atoms with E-state index in [9.17, 15) is 23.8 Å². The number of carbonyl (C=O) groups is 1. The molecular weight excluding hydrogens is 446 g/mol. The van der Waals surface area contributed by atoms with Crippen LogP contribution in [0.15, 0.2) is 81.1 Å². The first-order valence-electron chi connectivity index (χ1n) is 9.87. The summed E-state index contributed by atoms with van der Waals surface area (Å²) in [6.07, 6.45) is 0. The van der Waals surface area contributed by atoms with Crippen LogP contribution in [-0.4, -0.2) is 26.1 Å². The second-order valence-corrected chi connectivity index (χ2v) is 7.28. The SMILES string of the molecule is O=C(N=Nc1c(O)[nH]c2ccc(F)cc12)c1cccc(N=Nc2c(O)[nH]c3ccc(F)cc23)c1. The number of rotatable bonds is 4. The normalized spacial score (nSPS) is 11.9. The van der Waals surface area contributed by atoms with Gasteiger partial charge in [0.25, 0.3) is 5.91 Å². The van der Waals surface area contributed by atoms with E-state index in [1.54, 1.807) is 12.1 Å². The Morgan fingerprint density at radius 3 is 1.94 bits per heavy atom. The number of hydrogen-bond acceptors (Lipinski definition) is 6. The number of nitrogens with one attached hydrogen (secondary N) is 2. The third-order valence-corrected chi connectivity index (χ3v) is 5.03. The number of halogens is 2. The number of azo groups is 2. The Morgan fingerprint density at radius 2 is 1.32 bits per heavy atom. The van der Waals surface area contributed by atoms with Crippen molar-refractivity contribution < 1.29 is 23.8 Å². The number of amides is 1. The quantitative estimate of drug-likeness (QED) is 0.223. The molecule has 0 saturated carbocycles. The van der Waals surface area contributed by atoms with Crippen LogP contribution in [0.1, 0.15) is 10.4 Å². The molecule has 11 heteroatoms. The summed E-state index contributed by atoms with van der Waals surface area (Å²) in [5, 5.41) is 36.1. The van der Waals surface area contributed by atoms with E-state index >= 15 is 0 Å². The lowest BCUT2D eigenvalue weighted by atomic mass is 10.2. The zero-order valence-corrected chi connectivity index (χ0v) is 17.1. The molecule has 0 saturated heterocycles. The maximum absolute atomic E-state index is 13.6. The van der Waals surface area contributed by atoms with Gasteiger partial charge in [0.1, 0.15) is 11.6 Å². The molecule has 0 atom stereocenters. The Bertz CT molecular complexity index is 1640. The van der Waals surface area contributed by atoms with Crippen LogP contribution in [0.4, 0.5) is 25.8 Å². The largest absolute Gasteiger partial charge is 0.493 e. The second-order valence-electron chi connectivity index (χ2n) is 7.28. The summed E-state index contributed by atoms with van der Waals surface area (Å²) in [5.41, 5.74) is 1.29. The third kappa shape index (κ3) is 3.86. The van der Waals surface area contributed by atoms with Crippen molar-refractivity contribution in [2.24, 2.45) is 20.5 Å². The van der Waals surface area contributed by atoms with E-state index in [-0.39, 0.29) is 39.8 Å². The predicted octanol–water partition coefficient (Wildman–Crippen LogP) is 6.68. The van der Waals surface area contributed by atoms with E-state index in [4.69, 9.17) is 0 Å². The monoisotopic (exact) mass is 460 g/mol. The Labute approximate surface area is 189 Å². The molecule has 2 heterocycles. The molecule has 34 heavy (non-hydrogen) atoms. The zero-order valence-electron chi connectivity index (χ0n) is 17.1. The van der Waals surface area contributed by atoms with Gasteiger partial charge in [-0.1, -0.05) is 6.07 Å². The van der Waals surface area contributed by atoms with Gasteiger partial charge >= 0.3 is 0 Å².